The van der Waals surface area contributed by atoms with Gasteiger partial charge in [-0.15, -0.1) is 18.2 Å². The van der Waals surface area contributed by atoms with Gasteiger partial charge in [0.25, 0.3) is 0 Å². The van der Waals surface area contributed by atoms with E-state index >= 15 is 0 Å². The number of epoxide rings is 2. The van der Waals surface area contributed by atoms with Crippen molar-refractivity contribution in [2.75, 3.05) is 19.8 Å². The van der Waals surface area contributed by atoms with E-state index in [2.05, 4.69) is 13.5 Å². The molecule has 0 radical (unpaired) electrons. The van der Waals surface area contributed by atoms with Gasteiger partial charge < -0.3 is 14.2 Å². The van der Waals surface area contributed by atoms with E-state index in [0.717, 1.165) is 13.0 Å². The number of halogens is 1. The summed E-state index contributed by atoms with van der Waals surface area (Å²) >= 11 is 6.31. The zero-order valence-corrected chi connectivity index (χ0v) is 9.70. The van der Waals surface area contributed by atoms with Crippen molar-refractivity contribution < 1.29 is 14.2 Å². The highest BCUT2D eigenvalue weighted by Gasteiger charge is 2.63. The Hall–Kier alpha value is -0.0900. The molecule has 2 aliphatic rings. The Bertz CT molecular complexity index is 242. The second-order valence-electron chi connectivity index (χ2n) is 4.01. The van der Waals surface area contributed by atoms with Gasteiger partial charge in [0.15, 0.2) is 0 Å². The lowest BCUT2D eigenvalue weighted by molar-refractivity contribution is 0.140. The van der Waals surface area contributed by atoms with Crippen molar-refractivity contribution in [1.29, 1.82) is 0 Å². The van der Waals surface area contributed by atoms with Crippen LogP contribution in [0.15, 0.2) is 12.7 Å². The average Bonchev–Trinajstić information content (AvgIpc) is 3.13. The molecule has 2 fully saturated rings. The summed E-state index contributed by atoms with van der Waals surface area (Å²) in [6.07, 6.45) is 2.94. The van der Waals surface area contributed by atoms with Crippen LogP contribution in [-0.4, -0.2) is 43.0 Å². The zero-order valence-electron chi connectivity index (χ0n) is 8.95. The monoisotopic (exact) mass is 232 g/mol. The summed E-state index contributed by atoms with van der Waals surface area (Å²) < 4.78 is 16.3. The van der Waals surface area contributed by atoms with Gasteiger partial charge in [0.05, 0.1) is 25.2 Å². The molecule has 0 saturated carbocycles. The van der Waals surface area contributed by atoms with Crippen molar-refractivity contribution in [2.45, 2.75) is 36.5 Å². The highest BCUT2D eigenvalue weighted by Crippen LogP contribution is 2.48. The van der Waals surface area contributed by atoms with Crippen molar-refractivity contribution in [3.8, 4) is 0 Å². The third kappa shape index (κ3) is 2.21. The summed E-state index contributed by atoms with van der Waals surface area (Å²) in [5.41, 5.74) is -0.218. The lowest BCUT2D eigenvalue weighted by atomic mass is 9.96. The van der Waals surface area contributed by atoms with E-state index in [1.54, 1.807) is 6.08 Å². The van der Waals surface area contributed by atoms with E-state index in [4.69, 9.17) is 25.8 Å². The molecule has 0 aromatic heterocycles. The molecule has 0 spiro atoms. The molecule has 0 aromatic carbocycles. The molecule has 0 aromatic rings. The van der Waals surface area contributed by atoms with Crippen molar-refractivity contribution in [3.63, 3.8) is 0 Å². The van der Waals surface area contributed by atoms with E-state index in [9.17, 15) is 0 Å². The van der Waals surface area contributed by atoms with E-state index in [0.29, 0.717) is 13.2 Å². The molecule has 0 aliphatic carbocycles. The fourth-order valence-corrected chi connectivity index (χ4v) is 2.44. The Labute approximate surface area is 95.3 Å². The molecule has 2 aliphatic heterocycles. The molecule has 0 amide bonds. The van der Waals surface area contributed by atoms with Crippen LogP contribution in [0.3, 0.4) is 0 Å². The first-order chi connectivity index (χ1) is 7.24. The van der Waals surface area contributed by atoms with Crippen molar-refractivity contribution in [2.24, 2.45) is 0 Å². The molecule has 4 unspecified atom stereocenters. The largest absolute Gasteiger partial charge is 0.375 e. The lowest BCUT2D eigenvalue weighted by Crippen LogP contribution is -2.33. The Balaban J connectivity index is 1.81. The van der Waals surface area contributed by atoms with Gasteiger partial charge in [-0.25, -0.2) is 0 Å². The summed E-state index contributed by atoms with van der Waals surface area (Å²) in [6.45, 7) is 7.60. The molecule has 0 bridgehead atoms. The van der Waals surface area contributed by atoms with Crippen molar-refractivity contribution >= 4 is 11.6 Å². The van der Waals surface area contributed by atoms with Crippen LogP contribution >= 0.6 is 11.6 Å². The molecule has 0 N–H and O–H groups in total. The van der Waals surface area contributed by atoms with Crippen LogP contribution in [0.25, 0.3) is 0 Å². The molecule has 86 valence electrons. The molecular formula is C11H17ClO3. The molecule has 2 heterocycles. The van der Waals surface area contributed by atoms with Crippen LogP contribution in [0, 0.1) is 0 Å². The smallest absolute Gasteiger partial charge is 0.116 e. The van der Waals surface area contributed by atoms with E-state index in [-0.39, 0.29) is 23.2 Å². The zero-order chi connectivity index (χ0) is 10.9. The minimum absolute atomic E-state index is 0.0418. The molecule has 2 rings (SSSR count). The van der Waals surface area contributed by atoms with Crippen LogP contribution in [0.5, 0.6) is 0 Å². The Morgan fingerprint density at radius 1 is 1.73 bits per heavy atom. The molecule has 15 heavy (non-hydrogen) atoms. The standard InChI is InChI=1S/C11H17ClO3/c1-3-5-13-7-9-11(4-2,15-9)10(12)8-6-14-8/h3,8-10H,1,4-7H2,2H3. The molecule has 2 saturated heterocycles. The van der Waals surface area contributed by atoms with Crippen LogP contribution in [0.1, 0.15) is 13.3 Å². The van der Waals surface area contributed by atoms with Crippen molar-refractivity contribution in [3.05, 3.63) is 12.7 Å². The summed E-state index contributed by atoms with van der Waals surface area (Å²) in [5, 5.41) is -0.0418. The van der Waals surface area contributed by atoms with Gasteiger partial charge in [-0.2, -0.15) is 0 Å². The minimum Gasteiger partial charge on any atom is -0.375 e. The number of ether oxygens (including phenoxy) is 3. The van der Waals surface area contributed by atoms with Gasteiger partial charge >= 0.3 is 0 Å². The molecular weight excluding hydrogens is 216 g/mol. The normalized spacial score (nSPS) is 39.9. The highest BCUT2D eigenvalue weighted by molar-refractivity contribution is 6.22. The second-order valence-corrected chi connectivity index (χ2v) is 4.48. The number of hydrogen-bond acceptors (Lipinski definition) is 3. The highest BCUT2D eigenvalue weighted by atomic mass is 35.5. The first-order valence-corrected chi connectivity index (χ1v) is 5.80. The molecule has 4 atom stereocenters. The SMILES string of the molecule is C=CCOCC1OC1(CC)C(Cl)C1CO1. The maximum absolute atomic E-state index is 6.31. The number of rotatable bonds is 7. The van der Waals surface area contributed by atoms with Crippen LogP contribution in [-0.2, 0) is 14.2 Å². The maximum Gasteiger partial charge on any atom is 0.116 e. The number of alkyl halides is 1. The third-order valence-corrected chi connectivity index (χ3v) is 3.71. The summed E-state index contributed by atoms with van der Waals surface area (Å²) in [4.78, 5) is 0. The Morgan fingerprint density at radius 3 is 3.00 bits per heavy atom. The van der Waals surface area contributed by atoms with Gasteiger partial charge in [-0.3, -0.25) is 0 Å². The Morgan fingerprint density at radius 2 is 2.47 bits per heavy atom. The van der Waals surface area contributed by atoms with Crippen LogP contribution in [0.4, 0.5) is 0 Å². The fourth-order valence-electron chi connectivity index (χ4n) is 1.95. The maximum atomic E-state index is 6.31. The summed E-state index contributed by atoms with van der Waals surface area (Å²) in [7, 11) is 0. The minimum atomic E-state index is -0.218. The average molecular weight is 233 g/mol. The Kier molecular flexibility index (Phi) is 3.36. The van der Waals surface area contributed by atoms with Crippen LogP contribution < -0.4 is 0 Å². The predicted octanol–water partition coefficient (Wildman–Crippen LogP) is 1.74. The second kappa shape index (κ2) is 4.42. The number of hydrogen-bond donors (Lipinski definition) is 0. The van der Waals surface area contributed by atoms with E-state index in [1.165, 1.54) is 0 Å². The van der Waals surface area contributed by atoms with Crippen LogP contribution in [0.2, 0.25) is 0 Å². The summed E-state index contributed by atoms with van der Waals surface area (Å²) in [6, 6.07) is 0. The van der Waals surface area contributed by atoms with Gasteiger partial charge in [-0.05, 0) is 6.42 Å². The van der Waals surface area contributed by atoms with E-state index in [1.807, 2.05) is 0 Å². The molecule has 4 heteroatoms. The van der Waals surface area contributed by atoms with Gasteiger partial charge in [0.2, 0.25) is 0 Å². The van der Waals surface area contributed by atoms with E-state index < -0.39 is 0 Å². The fraction of sp³-hybridized carbons (Fsp3) is 0.818. The molecule has 3 nitrogen and oxygen atoms in total. The third-order valence-electron chi connectivity index (χ3n) is 3.06. The lowest BCUT2D eigenvalue weighted by Gasteiger charge is -2.15. The van der Waals surface area contributed by atoms with Gasteiger partial charge in [0.1, 0.15) is 17.8 Å². The predicted molar refractivity (Wildman–Crippen MR) is 58.3 cm³/mol. The van der Waals surface area contributed by atoms with Crippen molar-refractivity contribution in [1.82, 2.24) is 0 Å². The van der Waals surface area contributed by atoms with Gasteiger partial charge in [-0.1, -0.05) is 13.0 Å². The topological polar surface area (TPSA) is 34.3 Å². The summed E-state index contributed by atoms with van der Waals surface area (Å²) in [5.74, 6) is 0. The quantitative estimate of drug-likeness (QED) is 0.290. The first kappa shape index (κ1) is 11.4. The van der Waals surface area contributed by atoms with Gasteiger partial charge in [0, 0.05) is 0 Å². The first-order valence-electron chi connectivity index (χ1n) is 5.36.